The Hall–Kier alpha value is -2.64. The Morgan fingerprint density at radius 1 is 1.00 bits per heavy atom. The summed E-state index contributed by atoms with van der Waals surface area (Å²) in [7, 11) is 1.86. The second kappa shape index (κ2) is 8.00. The molecule has 7 heteroatoms. The molecule has 1 N–H and O–H groups in total. The maximum Gasteiger partial charge on any atom is 0.416 e. The molecular weight excluding hydrogens is 377 g/mol. The van der Waals surface area contributed by atoms with Crippen LogP contribution in [0, 0.1) is 0 Å². The summed E-state index contributed by atoms with van der Waals surface area (Å²) >= 11 is 0. The minimum Gasteiger partial charge on any atom is -0.333 e. The van der Waals surface area contributed by atoms with Gasteiger partial charge in [-0.05, 0) is 23.8 Å². The molecule has 2 aromatic carbocycles. The van der Waals surface area contributed by atoms with Gasteiger partial charge in [-0.2, -0.15) is 13.2 Å². The maximum absolute atomic E-state index is 13.0. The number of imidazole rings is 1. The number of halogens is 3. The van der Waals surface area contributed by atoms with Crippen molar-refractivity contribution in [2.45, 2.75) is 12.7 Å². The maximum atomic E-state index is 13.0. The number of nitrogens with one attached hydrogen (secondary N) is 1. The lowest BCUT2D eigenvalue weighted by atomic mass is 10.1. The highest BCUT2D eigenvalue weighted by molar-refractivity contribution is 5.66. The Kier molecular flexibility index (Phi) is 5.43. The van der Waals surface area contributed by atoms with Crippen molar-refractivity contribution in [2.75, 3.05) is 26.2 Å². The van der Waals surface area contributed by atoms with Crippen molar-refractivity contribution in [3.8, 4) is 22.6 Å². The Morgan fingerprint density at radius 2 is 1.72 bits per heavy atom. The van der Waals surface area contributed by atoms with Gasteiger partial charge in [-0.15, -0.1) is 0 Å². The van der Waals surface area contributed by atoms with Crippen molar-refractivity contribution in [1.29, 1.82) is 0 Å². The summed E-state index contributed by atoms with van der Waals surface area (Å²) < 4.78 is 41.0. The normalized spacial score (nSPS) is 15.6. The van der Waals surface area contributed by atoms with Gasteiger partial charge in [0.2, 0.25) is 0 Å². The van der Waals surface area contributed by atoms with Gasteiger partial charge in [0.15, 0.2) is 0 Å². The number of benzene rings is 2. The van der Waals surface area contributed by atoms with Crippen LogP contribution >= 0.6 is 0 Å². The van der Waals surface area contributed by atoms with E-state index in [9.17, 15) is 13.2 Å². The van der Waals surface area contributed by atoms with E-state index in [2.05, 4.69) is 27.3 Å². The Balaban J connectivity index is 1.61. The molecule has 1 aromatic heterocycles. The first-order chi connectivity index (χ1) is 13.9. The number of piperazine rings is 1. The molecule has 1 aliphatic rings. The smallest absolute Gasteiger partial charge is 0.333 e. The van der Waals surface area contributed by atoms with Crippen molar-refractivity contribution < 1.29 is 13.2 Å². The van der Waals surface area contributed by atoms with Crippen LogP contribution in [0.25, 0.3) is 22.6 Å². The Bertz CT molecular complexity index is 988. The van der Waals surface area contributed by atoms with Crippen molar-refractivity contribution in [2.24, 2.45) is 7.05 Å². The van der Waals surface area contributed by atoms with Crippen LogP contribution in [0.3, 0.4) is 0 Å². The van der Waals surface area contributed by atoms with E-state index in [1.165, 1.54) is 11.6 Å². The Labute approximate surface area is 168 Å². The van der Waals surface area contributed by atoms with Crippen LogP contribution in [0.5, 0.6) is 0 Å². The molecule has 0 unspecified atom stereocenters. The van der Waals surface area contributed by atoms with Crippen molar-refractivity contribution >= 4 is 0 Å². The van der Waals surface area contributed by atoms with Crippen LogP contribution in [-0.4, -0.2) is 40.6 Å². The molecule has 0 aliphatic carbocycles. The van der Waals surface area contributed by atoms with Crippen LogP contribution in [0.15, 0.2) is 54.7 Å². The molecule has 1 aliphatic heterocycles. The van der Waals surface area contributed by atoms with Gasteiger partial charge in [-0.25, -0.2) is 4.98 Å². The van der Waals surface area contributed by atoms with E-state index in [0.717, 1.165) is 56.2 Å². The van der Waals surface area contributed by atoms with E-state index in [1.807, 2.05) is 23.7 Å². The number of alkyl halides is 3. The van der Waals surface area contributed by atoms with Gasteiger partial charge >= 0.3 is 6.18 Å². The lowest BCUT2D eigenvalue weighted by Crippen LogP contribution is -2.42. The molecule has 29 heavy (non-hydrogen) atoms. The lowest BCUT2D eigenvalue weighted by Gasteiger charge is -2.27. The van der Waals surface area contributed by atoms with Crippen molar-refractivity contribution in [3.63, 3.8) is 0 Å². The summed E-state index contributed by atoms with van der Waals surface area (Å²) in [6, 6.07) is 13.5. The second-order valence-corrected chi connectivity index (χ2v) is 7.37. The molecule has 152 valence electrons. The fourth-order valence-electron chi connectivity index (χ4n) is 3.66. The van der Waals surface area contributed by atoms with Gasteiger partial charge in [-0.3, -0.25) is 4.90 Å². The first-order valence-corrected chi connectivity index (χ1v) is 9.63. The van der Waals surface area contributed by atoms with E-state index < -0.39 is 11.7 Å². The number of hydrogen-bond acceptors (Lipinski definition) is 3. The van der Waals surface area contributed by atoms with E-state index in [-0.39, 0.29) is 0 Å². The second-order valence-electron chi connectivity index (χ2n) is 7.37. The number of aryl methyl sites for hydroxylation is 1. The number of hydrogen-bond donors (Lipinski definition) is 1. The molecule has 2 heterocycles. The molecule has 0 radical (unpaired) electrons. The van der Waals surface area contributed by atoms with Gasteiger partial charge in [0.25, 0.3) is 0 Å². The zero-order chi connectivity index (χ0) is 20.4. The average molecular weight is 400 g/mol. The minimum atomic E-state index is -4.37. The quantitative estimate of drug-likeness (QED) is 0.713. The third-order valence-corrected chi connectivity index (χ3v) is 5.16. The number of nitrogens with zero attached hydrogens (tertiary/aromatic N) is 3. The van der Waals surface area contributed by atoms with Gasteiger partial charge in [-0.1, -0.05) is 30.3 Å². The van der Waals surface area contributed by atoms with E-state index in [4.69, 9.17) is 0 Å². The zero-order valence-electron chi connectivity index (χ0n) is 16.2. The molecule has 0 atom stereocenters. The predicted molar refractivity (Wildman–Crippen MR) is 107 cm³/mol. The molecule has 1 saturated heterocycles. The Morgan fingerprint density at radius 3 is 2.48 bits per heavy atom. The SMILES string of the molecule is Cn1cc(-c2cccc(C(F)(F)F)c2)nc1-c1cccc(CN2CCNCC2)c1. The minimum absolute atomic E-state index is 0.457. The zero-order valence-corrected chi connectivity index (χ0v) is 16.2. The van der Waals surface area contributed by atoms with Crippen LogP contribution < -0.4 is 5.32 Å². The van der Waals surface area contributed by atoms with Crippen molar-refractivity contribution in [3.05, 3.63) is 65.9 Å². The lowest BCUT2D eigenvalue weighted by molar-refractivity contribution is -0.137. The average Bonchev–Trinajstić information content (AvgIpc) is 3.10. The molecule has 4 nitrogen and oxygen atoms in total. The predicted octanol–water partition coefficient (Wildman–Crippen LogP) is 4.18. The third kappa shape index (κ3) is 4.52. The summed E-state index contributed by atoms with van der Waals surface area (Å²) in [5.41, 5.74) is 2.48. The highest BCUT2D eigenvalue weighted by atomic mass is 19.4. The molecule has 3 aromatic rings. The highest BCUT2D eigenvalue weighted by Gasteiger charge is 2.30. The molecule has 0 spiro atoms. The topological polar surface area (TPSA) is 33.1 Å². The van der Waals surface area contributed by atoms with Crippen LogP contribution in [0.2, 0.25) is 0 Å². The molecule has 1 fully saturated rings. The molecule has 0 bridgehead atoms. The van der Waals surface area contributed by atoms with Crippen molar-refractivity contribution in [1.82, 2.24) is 19.8 Å². The molecule has 4 rings (SSSR count). The monoisotopic (exact) mass is 400 g/mol. The van der Waals surface area contributed by atoms with Gasteiger partial charge in [0.05, 0.1) is 11.3 Å². The first-order valence-electron chi connectivity index (χ1n) is 9.63. The largest absolute Gasteiger partial charge is 0.416 e. The highest BCUT2D eigenvalue weighted by Crippen LogP contribution is 2.32. The summed E-state index contributed by atoms with van der Waals surface area (Å²) in [6.45, 7) is 4.91. The molecule has 0 amide bonds. The third-order valence-electron chi connectivity index (χ3n) is 5.16. The van der Waals surface area contributed by atoms with E-state index in [1.54, 1.807) is 12.3 Å². The summed E-state index contributed by atoms with van der Waals surface area (Å²) in [4.78, 5) is 7.04. The van der Waals surface area contributed by atoms with E-state index >= 15 is 0 Å². The van der Waals surface area contributed by atoms with E-state index in [0.29, 0.717) is 11.3 Å². The molecule has 0 saturated carbocycles. The van der Waals surface area contributed by atoms with Crippen LogP contribution in [0.1, 0.15) is 11.1 Å². The first kappa shape index (κ1) is 19.7. The van der Waals surface area contributed by atoms with Crippen LogP contribution in [-0.2, 0) is 19.8 Å². The van der Waals surface area contributed by atoms with Gasteiger partial charge in [0, 0.05) is 57.1 Å². The fourth-order valence-corrected chi connectivity index (χ4v) is 3.66. The fraction of sp³-hybridized carbons (Fsp3) is 0.318. The molecular formula is C22H23F3N4. The van der Waals surface area contributed by atoms with Gasteiger partial charge in [0.1, 0.15) is 5.82 Å². The summed E-state index contributed by atoms with van der Waals surface area (Å²) in [6.07, 6.45) is -2.60. The summed E-state index contributed by atoms with van der Waals surface area (Å²) in [5.74, 6) is 0.736. The number of rotatable bonds is 4. The van der Waals surface area contributed by atoms with Gasteiger partial charge < -0.3 is 9.88 Å². The summed E-state index contributed by atoms with van der Waals surface area (Å²) in [5, 5.41) is 3.35. The van der Waals surface area contributed by atoms with Crippen LogP contribution in [0.4, 0.5) is 13.2 Å². The number of aromatic nitrogens is 2. The standard InChI is InChI=1S/C22H23F3N4/c1-28-15-20(17-5-3-7-19(13-17)22(23,24)25)27-21(28)18-6-2-4-16(12-18)14-29-10-8-26-9-11-29/h2-7,12-13,15,26H,8-11,14H2,1H3.